The van der Waals surface area contributed by atoms with E-state index in [9.17, 15) is 19.8 Å². The van der Waals surface area contributed by atoms with Gasteiger partial charge in [-0.15, -0.1) is 0 Å². The lowest BCUT2D eigenvalue weighted by atomic mass is 10.0. The SMILES string of the molecule is CCOC(=O)CN=C=C=NC=C=C=NC(=O)[C@H](O)Cc1cc(C)c(O)c(C)c1. The number of aromatic hydroxyl groups is 1. The van der Waals surface area contributed by atoms with Gasteiger partial charge in [0.15, 0.2) is 0 Å². The minimum atomic E-state index is -1.34. The predicted octanol–water partition coefficient (Wildman–Crippen LogP) is 1.24. The second kappa shape index (κ2) is 12.0. The van der Waals surface area contributed by atoms with Crippen LogP contribution in [0, 0.1) is 13.8 Å². The molecule has 0 radical (unpaired) electrons. The molecule has 2 N–H and O–H groups in total. The number of carbonyl (C=O) groups excluding carboxylic acids is 2. The molecule has 8 nitrogen and oxygen atoms in total. The average molecular weight is 383 g/mol. The van der Waals surface area contributed by atoms with Crippen LogP contribution < -0.4 is 0 Å². The van der Waals surface area contributed by atoms with Crippen LogP contribution >= 0.6 is 0 Å². The van der Waals surface area contributed by atoms with E-state index in [1.807, 2.05) is 0 Å². The summed E-state index contributed by atoms with van der Waals surface area (Å²) < 4.78 is 4.66. The van der Waals surface area contributed by atoms with Gasteiger partial charge in [-0.2, -0.15) is 9.98 Å². The number of phenols is 1. The first kappa shape index (κ1) is 22.6. The van der Waals surface area contributed by atoms with E-state index in [1.54, 1.807) is 32.9 Å². The largest absolute Gasteiger partial charge is 0.507 e. The summed E-state index contributed by atoms with van der Waals surface area (Å²) in [5, 5.41) is 19.7. The molecular formula is C20H21N3O5. The molecular weight excluding hydrogens is 362 g/mol. The number of ether oxygens (including phenoxy) is 1. The predicted molar refractivity (Wildman–Crippen MR) is 104 cm³/mol. The van der Waals surface area contributed by atoms with Gasteiger partial charge in [0.2, 0.25) is 0 Å². The van der Waals surface area contributed by atoms with Crippen LogP contribution in [0.1, 0.15) is 23.6 Å². The molecule has 8 heteroatoms. The van der Waals surface area contributed by atoms with E-state index in [2.05, 4.69) is 43.1 Å². The van der Waals surface area contributed by atoms with Crippen LogP contribution in [0.2, 0.25) is 0 Å². The number of carbonyl (C=O) groups is 2. The van der Waals surface area contributed by atoms with Gasteiger partial charge < -0.3 is 14.9 Å². The van der Waals surface area contributed by atoms with E-state index in [4.69, 9.17) is 0 Å². The van der Waals surface area contributed by atoms with Crippen LogP contribution in [-0.4, -0.2) is 59.0 Å². The number of esters is 1. The lowest BCUT2D eigenvalue weighted by Crippen LogP contribution is -2.20. The van der Waals surface area contributed by atoms with E-state index in [0.717, 1.165) is 6.20 Å². The summed E-state index contributed by atoms with van der Waals surface area (Å²) in [5.41, 5.74) is 4.41. The summed E-state index contributed by atoms with van der Waals surface area (Å²) in [6.45, 7) is 5.27. The Kier molecular flexibility index (Phi) is 9.66. The van der Waals surface area contributed by atoms with Crippen molar-refractivity contribution in [2.75, 3.05) is 13.2 Å². The van der Waals surface area contributed by atoms with E-state index in [-0.39, 0.29) is 25.3 Å². The third-order valence-corrected chi connectivity index (χ3v) is 3.33. The van der Waals surface area contributed by atoms with E-state index < -0.39 is 18.0 Å². The standard InChI is InChI=1S/C20H21N3O5/c1-4-28-18(25)13-22-9-8-21-6-5-7-23-20(27)17(24)12-16-10-14(2)19(26)15(3)11-16/h6,10-11,17,24,26H,4,12-13H2,1-3H3/t17-/m1/s1. The van der Waals surface area contributed by atoms with Gasteiger partial charge in [0.1, 0.15) is 18.4 Å². The molecule has 1 aromatic carbocycles. The number of hydrogen-bond donors (Lipinski definition) is 2. The van der Waals surface area contributed by atoms with Crippen LogP contribution in [0.5, 0.6) is 5.75 Å². The van der Waals surface area contributed by atoms with Crippen LogP contribution in [-0.2, 0) is 20.7 Å². The normalized spacial score (nSPS) is 10.3. The van der Waals surface area contributed by atoms with Gasteiger partial charge in [-0.25, -0.2) is 4.99 Å². The zero-order chi connectivity index (χ0) is 20.9. The third-order valence-electron chi connectivity index (χ3n) is 3.33. The number of rotatable bonds is 7. The Morgan fingerprint density at radius 2 is 1.89 bits per heavy atom. The van der Waals surface area contributed by atoms with Gasteiger partial charge in [0.25, 0.3) is 5.91 Å². The Morgan fingerprint density at radius 1 is 1.21 bits per heavy atom. The fourth-order valence-corrected chi connectivity index (χ4v) is 2.10. The summed E-state index contributed by atoms with van der Waals surface area (Å²) in [5.74, 6) is 5.72. The summed E-state index contributed by atoms with van der Waals surface area (Å²) in [4.78, 5) is 33.4. The lowest BCUT2D eigenvalue weighted by Gasteiger charge is -2.10. The lowest BCUT2D eigenvalue weighted by molar-refractivity contribution is -0.141. The first-order chi connectivity index (χ1) is 13.3. The number of aryl methyl sites for hydroxylation is 2. The molecule has 0 aliphatic rings. The Hall–Kier alpha value is -3.49. The molecule has 0 saturated carbocycles. The van der Waals surface area contributed by atoms with Crippen LogP contribution in [0.4, 0.5) is 0 Å². The highest BCUT2D eigenvalue weighted by Crippen LogP contribution is 2.23. The quantitative estimate of drug-likeness (QED) is 0.417. The number of hydrogen-bond acceptors (Lipinski definition) is 7. The molecule has 0 aromatic heterocycles. The maximum absolute atomic E-state index is 11.8. The molecule has 0 bridgehead atoms. The van der Waals surface area contributed by atoms with Gasteiger partial charge in [0, 0.05) is 12.3 Å². The maximum Gasteiger partial charge on any atom is 0.328 e. The summed E-state index contributed by atoms with van der Waals surface area (Å²) in [6.07, 6.45) is -0.160. The molecule has 1 amide bonds. The number of aliphatic hydroxyl groups is 1. The van der Waals surface area contributed by atoms with Crippen molar-refractivity contribution >= 4 is 29.5 Å². The Balaban J connectivity index is 2.64. The molecule has 1 rings (SSSR count). The average Bonchev–Trinajstić information content (AvgIpc) is 2.64. The molecule has 0 unspecified atom stereocenters. The Bertz CT molecular complexity index is 902. The Morgan fingerprint density at radius 3 is 2.54 bits per heavy atom. The second-order valence-electron chi connectivity index (χ2n) is 5.61. The van der Waals surface area contributed by atoms with Crippen molar-refractivity contribution in [2.45, 2.75) is 33.3 Å². The van der Waals surface area contributed by atoms with Crippen LogP contribution in [0.25, 0.3) is 0 Å². The summed E-state index contributed by atoms with van der Waals surface area (Å²) >= 11 is 0. The minimum absolute atomic E-state index is 0.0630. The second-order valence-corrected chi connectivity index (χ2v) is 5.61. The first-order valence-electron chi connectivity index (χ1n) is 8.41. The highest BCUT2D eigenvalue weighted by molar-refractivity contribution is 5.90. The molecule has 0 fully saturated rings. The topological polar surface area (TPSA) is 121 Å². The molecule has 0 aliphatic carbocycles. The Labute approximate surface area is 162 Å². The maximum atomic E-state index is 11.8. The first-order valence-corrected chi connectivity index (χ1v) is 8.41. The van der Waals surface area contributed by atoms with E-state index >= 15 is 0 Å². The van der Waals surface area contributed by atoms with E-state index in [1.165, 1.54) is 0 Å². The van der Waals surface area contributed by atoms with Gasteiger partial charge in [0.05, 0.1) is 24.5 Å². The highest BCUT2D eigenvalue weighted by atomic mass is 16.5. The third kappa shape index (κ3) is 8.26. The number of amides is 1. The molecule has 0 aliphatic heterocycles. The van der Waals surface area contributed by atoms with Gasteiger partial charge >= 0.3 is 5.97 Å². The number of nitrogens with zero attached hydrogens (tertiary/aromatic N) is 3. The molecule has 0 saturated heterocycles. The van der Waals surface area contributed by atoms with Crippen LogP contribution in [0.15, 0.2) is 39.0 Å². The number of aliphatic hydroxyl groups excluding tert-OH is 1. The molecule has 146 valence electrons. The van der Waals surface area contributed by atoms with Crippen LogP contribution in [0.3, 0.4) is 0 Å². The van der Waals surface area contributed by atoms with Gasteiger partial charge in [-0.3, -0.25) is 9.59 Å². The molecule has 28 heavy (non-hydrogen) atoms. The highest BCUT2D eigenvalue weighted by Gasteiger charge is 2.15. The van der Waals surface area contributed by atoms with Crippen molar-refractivity contribution in [3.8, 4) is 5.75 Å². The minimum Gasteiger partial charge on any atom is -0.507 e. The van der Waals surface area contributed by atoms with Gasteiger partial charge in [-0.1, -0.05) is 12.1 Å². The van der Waals surface area contributed by atoms with Gasteiger partial charge in [-0.05, 0) is 43.2 Å². The van der Waals surface area contributed by atoms with Crippen molar-refractivity contribution in [2.24, 2.45) is 15.0 Å². The zero-order valence-corrected chi connectivity index (χ0v) is 15.9. The van der Waals surface area contributed by atoms with Crippen molar-refractivity contribution in [1.29, 1.82) is 0 Å². The number of benzene rings is 1. The molecule has 0 heterocycles. The van der Waals surface area contributed by atoms with E-state index in [0.29, 0.717) is 16.7 Å². The summed E-state index contributed by atoms with van der Waals surface area (Å²) in [6, 6.07) is 3.39. The monoisotopic (exact) mass is 383 g/mol. The smallest absolute Gasteiger partial charge is 0.328 e. The van der Waals surface area contributed by atoms with Crippen molar-refractivity contribution < 1.29 is 24.5 Å². The zero-order valence-electron chi connectivity index (χ0n) is 15.9. The van der Waals surface area contributed by atoms with Crippen molar-refractivity contribution in [1.82, 2.24) is 0 Å². The van der Waals surface area contributed by atoms with Crippen molar-refractivity contribution in [3.05, 3.63) is 40.8 Å². The fraction of sp³-hybridized carbons (Fsp3) is 0.350. The molecule has 0 spiro atoms. The number of aliphatic imine (C=N–C) groups is 3. The fourth-order valence-electron chi connectivity index (χ4n) is 2.10. The van der Waals surface area contributed by atoms with Crippen molar-refractivity contribution in [3.63, 3.8) is 0 Å². The molecule has 1 aromatic rings. The molecule has 1 atom stereocenters. The number of phenolic OH excluding ortho intramolecular Hbond substituents is 1. The summed E-state index contributed by atoms with van der Waals surface area (Å²) in [7, 11) is 0.